The molecule has 7 heteroatoms. The number of pyridine rings is 1. The number of para-hydroxylation sites is 2. The fraction of sp³-hybridized carbons (Fsp3) is 0.127. The average Bonchev–Trinajstić information content (AvgIpc) is 3.85. The molecule has 3 heterocycles. The summed E-state index contributed by atoms with van der Waals surface area (Å²) in [5, 5.41) is 3.24. The van der Waals surface area contributed by atoms with Crippen molar-refractivity contribution in [2.45, 2.75) is 39.9 Å². The van der Waals surface area contributed by atoms with Crippen LogP contribution in [0.4, 0.5) is 4.39 Å². The number of hydrogen-bond donors (Lipinski definition) is 0. The smallest absolute Gasteiger partial charge is 0.134 e. The molecule has 0 spiro atoms. The summed E-state index contributed by atoms with van der Waals surface area (Å²) in [5.74, 6) is 1.06. The van der Waals surface area contributed by atoms with E-state index in [1.54, 1.807) is 0 Å². The van der Waals surface area contributed by atoms with E-state index >= 15 is 4.39 Å². The summed E-state index contributed by atoms with van der Waals surface area (Å²) >= 11 is 0. The van der Waals surface area contributed by atoms with Crippen molar-refractivity contribution in [2.75, 3.05) is 0 Å². The van der Waals surface area contributed by atoms with E-state index in [-0.39, 0.29) is 25.9 Å². The van der Waals surface area contributed by atoms with Crippen LogP contribution in [0.25, 0.3) is 83.6 Å². The summed E-state index contributed by atoms with van der Waals surface area (Å²) in [6, 6.07) is 60.7. The van der Waals surface area contributed by atoms with Crippen LogP contribution >= 0.6 is 0 Å². The maximum Gasteiger partial charge on any atom is 0.134 e. The summed E-state index contributed by atoms with van der Waals surface area (Å²) in [6.45, 7) is 11.7. The summed E-state index contributed by atoms with van der Waals surface area (Å²) in [6.07, 6.45) is 3.24. The van der Waals surface area contributed by atoms with Crippen molar-refractivity contribution in [1.29, 1.82) is 0 Å². The van der Waals surface area contributed by atoms with Crippen LogP contribution in [0.2, 0.25) is 19.6 Å². The van der Waals surface area contributed by atoms with E-state index in [0.717, 1.165) is 67.4 Å². The van der Waals surface area contributed by atoms with Crippen LogP contribution < -0.4 is 5.19 Å². The molecule has 0 aliphatic rings. The van der Waals surface area contributed by atoms with Crippen molar-refractivity contribution in [2.24, 2.45) is 5.92 Å². The van der Waals surface area contributed by atoms with Gasteiger partial charge < -0.3 is 14.0 Å². The molecule has 3 aromatic heterocycles. The number of hydrogen-bond acceptors (Lipinski definition) is 3. The number of furan rings is 1. The molecule has 7 aromatic carbocycles. The molecule has 309 valence electrons. The van der Waals surface area contributed by atoms with Gasteiger partial charge in [-0.25, -0.2) is 4.39 Å². The summed E-state index contributed by atoms with van der Waals surface area (Å²) in [5.41, 5.74) is 11.9. The van der Waals surface area contributed by atoms with Crippen molar-refractivity contribution in [3.63, 3.8) is 0 Å². The van der Waals surface area contributed by atoms with Crippen LogP contribution in [-0.4, -0.2) is 22.6 Å². The second kappa shape index (κ2) is 18.0. The predicted octanol–water partition coefficient (Wildman–Crippen LogP) is 14.2. The second-order valence-electron chi connectivity index (χ2n) is 16.9. The number of aromatic nitrogens is 3. The molecule has 10 aromatic rings. The third kappa shape index (κ3) is 8.62. The van der Waals surface area contributed by atoms with Gasteiger partial charge in [0, 0.05) is 49.0 Å². The van der Waals surface area contributed by atoms with E-state index < -0.39 is 8.07 Å². The minimum Gasteiger partial charge on any atom is -0.500 e. The SMILES string of the molecule is CC(C)Cc1cc(-c2[c-]cccc2)ncc1[Si](C)(C)C.Fc1cc2oc3c(-c4nc5ccccc5n4-c4ccc(-c5ccccc5)cc4)[c-]ccc3c2cc1-c1ccccc1.[Ir]. The summed E-state index contributed by atoms with van der Waals surface area (Å²) in [7, 11) is -1.34. The molecule has 62 heavy (non-hydrogen) atoms. The minimum atomic E-state index is -1.34. The Hall–Kier alpha value is -6.24. The molecule has 0 aliphatic carbocycles. The minimum absolute atomic E-state index is 0. The molecule has 0 N–H and O–H groups in total. The van der Waals surface area contributed by atoms with Crippen LogP contribution in [0, 0.1) is 23.9 Å². The fourth-order valence-electron chi connectivity index (χ4n) is 8.14. The molecule has 0 unspecified atom stereocenters. The van der Waals surface area contributed by atoms with Crippen LogP contribution in [0.3, 0.4) is 0 Å². The number of imidazole rings is 1. The van der Waals surface area contributed by atoms with Crippen LogP contribution in [0.5, 0.6) is 0 Å². The first-order valence-corrected chi connectivity index (χ1v) is 24.3. The topological polar surface area (TPSA) is 43.9 Å². The fourth-order valence-corrected chi connectivity index (χ4v) is 9.73. The van der Waals surface area contributed by atoms with Gasteiger partial charge in [-0.3, -0.25) is 4.98 Å². The maximum atomic E-state index is 15.3. The number of nitrogens with zero attached hydrogens (tertiary/aromatic N) is 3. The van der Waals surface area contributed by atoms with Gasteiger partial charge in [0.05, 0.1) is 30.5 Å². The van der Waals surface area contributed by atoms with E-state index in [1.807, 2.05) is 103 Å². The molecule has 0 aliphatic heterocycles. The van der Waals surface area contributed by atoms with Gasteiger partial charge >= 0.3 is 0 Å². The number of fused-ring (bicyclic) bond motifs is 4. The standard InChI is InChI=1S/C37H22FN2O.C18H24NSi.Ir/c38-32-23-35-31(22-30(32)26-12-5-2-6-13-26)28-14-9-15-29(36(28)41-35)37-39-33-16-7-8-17-34(33)40(37)27-20-18-25(19-21-27)24-10-3-1-4-11-24;1-14(2)11-16-12-17(15-9-7-6-8-10-15)19-13-18(16)20(3,4)5;/h1-14,16-23H;6-9,12-14H,11H2,1-5H3;/q2*-1;. The average molecular weight is 1000 g/mol. The first kappa shape index (κ1) is 42.4. The van der Waals surface area contributed by atoms with Crippen molar-refractivity contribution < 1.29 is 28.9 Å². The molecule has 4 nitrogen and oxygen atoms in total. The Morgan fingerprint density at radius 3 is 2.06 bits per heavy atom. The van der Waals surface area contributed by atoms with Gasteiger partial charge in [-0.05, 0) is 70.2 Å². The second-order valence-corrected chi connectivity index (χ2v) is 22.0. The van der Waals surface area contributed by atoms with Gasteiger partial charge in [0.15, 0.2) is 0 Å². The van der Waals surface area contributed by atoms with Gasteiger partial charge in [-0.2, -0.15) is 0 Å². The molecule has 0 atom stereocenters. The Kier molecular flexibility index (Phi) is 12.3. The van der Waals surface area contributed by atoms with Gasteiger partial charge in [0.2, 0.25) is 0 Å². The van der Waals surface area contributed by atoms with Gasteiger partial charge in [-0.15, -0.1) is 54.1 Å². The number of halogens is 1. The molecule has 0 amide bonds. The maximum absolute atomic E-state index is 15.3. The van der Waals surface area contributed by atoms with Crippen LogP contribution in [-0.2, 0) is 26.5 Å². The van der Waals surface area contributed by atoms with E-state index in [0.29, 0.717) is 28.5 Å². The van der Waals surface area contributed by atoms with E-state index in [4.69, 9.17) is 9.40 Å². The van der Waals surface area contributed by atoms with Crippen LogP contribution in [0.15, 0.2) is 174 Å². The zero-order chi connectivity index (χ0) is 42.1. The van der Waals surface area contributed by atoms with E-state index in [1.165, 1.54) is 16.8 Å². The van der Waals surface area contributed by atoms with Crippen molar-refractivity contribution in [3.8, 4) is 50.6 Å². The van der Waals surface area contributed by atoms with E-state index in [2.05, 4.69) is 116 Å². The number of rotatable bonds is 8. The summed E-state index contributed by atoms with van der Waals surface area (Å²) < 4.78 is 23.7. The third-order valence-electron chi connectivity index (χ3n) is 11.0. The monoisotopic (exact) mass is 1000 g/mol. The van der Waals surface area contributed by atoms with E-state index in [9.17, 15) is 0 Å². The first-order valence-electron chi connectivity index (χ1n) is 20.8. The third-order valence-corrected chi connectivity index (χ3v) is 13.1. The Labute approximate surface area is 377 Å². The molecule has 1 radical (unpaired) electrons. The normalized spacial score (nSPS) is 11.5. The van der Waals surface area contributed by atoms with Crippen molar-refractivity contribution in [3.05, 3.63) is 194 Å². The van der Waals surface area contributed by atoms with Gasteiger partial charge in [-0.1, -0.05) is 141 Å². The Morgan fingerprint density at radius 1 is 0.694 bits per heavy atom. The summed E-state index contributed by atoms with van der Waals surface area (Å²) in [4.78, 5) is 9.73. The largest absolute Gasteiger partial charge is 0.500 e. The molecular weight excluding hydrogens is 958 g/mol. The van der Waals surface area contributed by atoms with Crippen LogP contribution in [0.1, 0.15) is 19.4 Å². The number of benzene rings is 7. The van der Waals surface area contributed by atoms with Crippen molar-refractivity contribution in [1.82, 2.24) is 14.5 Å². The van der Waals surface area contributed by atoms with Crippen molar-refractivity contribution >= 4 is 46.2 Å². The molecule has 0 saturated heterocycles. The molecule has 0 saturated carbocycles. The van der Waals surface area contributed by atoms with Gasteiger partial charge in [0.25, 0.3) is 0 Å². The zero-order valence-corrected chi connectivity index (χ0v) is 38.8. The molecule has 0 bridgehead atoms. The molecule has 10 rings (SSSR count). The molecule has 0 fully saturated rings. The quantitative estimate of drug-likeness (QED) is 0.113. The predicted molar refractivity (Wildman–Crippen MR) is 253 cm³/mol. The Morgan fingerprint density at radius 2 is 1.37 bits per heavy atom. The van der Waals surface area contributed by atoms with Gasteiger partial charge in [0.1, 0.15) is 11.4 Å². The first-order chi connectivity index (χ1) is 29.6. The zero-order valence-electron chi connectivity index (χ0n) is 35.4. The Bertz CT molecular complexity index is 3120. The molecular formula is C55H46FIrN3OSi-2. The Balaban J connectivity index is 0.000000214.